The number of rotatable bonds is 8. The van der Waals surface area contributed by atoms with Crippen molar-refractivity contribution >= 4 is 17.3 Å². The topological polar surface area (TPSA) is 35.6 Å². The van der Waals surface area contributed by atoms with Crippen LogP contribution in [0.3, 0.4) is 0 Å². The van der Waals surface area contributed by atoms with Crippen LogP contribution in [0.5, 0.6) is 0 Å². The van der Waals surface area contributed by atoms with Gasteiger partial charge in [-0.1, -0.05) is 13.3 Å². The highest BCUT2D eigenvalue weighted by Gasteiger charge is 2.21. The summed E-state index contributed by atoms with van der Waals surface area (Å²) in [4.78, 5) is 17.2. The fourth-order valence-corrected chi connectivity index (χ4v) is 3.85. The highest BCUT2D eigenvalue weighted by molar-refractivity contribution is 5.91. The van der Waals surface area contributed by atoms with Crippen LogP contribution in [-0.4, -0.2) is 43.0 Å². The van der Waals surface area contributed by atoms with E-state index in [0.717, 1.165) is 37.4 Å². The van der Waals surface area contributed by atoms with Crippen LogP contribution in [0, 0.1) is 6.92 Å². The number of amides is 1. The predicted octanol–water partition coefficient (Wildman–Crippen LogP) is 4.43. The molecule has 0 aliphatic carbocycles. The zero-order valence-electron chi connectivity index (χ0n) is 16.5. The van der Waals surface area contributed by atoms with E-state index in [1.165, 1.54) is 31.4 Å². The summed E-state index contributed by atoms with van der Waals surface area (Å²) in [5, 5.41) is 3.10. The molecular weight excluding hydrogens is 310 g/mol. The number of aryl methyl sites for hydroxylation is 1. The molecular formula is C21H35N3O. The molecule has 0 bridgehead atoms. The van der Waals surface area contributed by atoms with Crippen LogP contribution < -0.4 is 10.2 Å². The number of benzene rings is 1. The molecule has 4 nitrogen and oxygen atoms in total. The van der Waals surface area contributed by atoms with Crippen molar-refractivity contribution in [3.63, 3.8) is 0 Å². The maximum Gasteiger partial charge on any atom is 0.225 e. The van der Waals surface area contributed by atoms with Gasteiger partial charge in [-0.2, -0.15) is 0 Å². The molecule has 0 radical (unpaired) electrons. The summed E-state index contributed by atoms with van der Waals surface area (Å²) in [5.74, 6) is 0.124. The van der Waals surface area contributed by atoms with Gasteiger partial charge in [0, 0.05) is 43.5 Å². The predicted molar refractivity (Wildman–Crippen MR) is 107 cm³/mol. The van der Waals surface area contributed by atoms with Gasteiger partial charge in [0.1, 0.15) is 0 Å². The second kappa shape index (κ2) is 9.81. The van der Waals surface area contributed by atoms with Gasteiger partial charge in [0.25, 0.3) is 0 Å². The normalized spacial score (nSPS) is 18.2. The number of carbonyl (C=O) groups is 1. The van der Waals surface area contributed by atoms with Crippen molar-refractivity contribution in [1.82, 2.24) is 4.90 Å². The molecule has 1 aromatic rings. The van der Waals surface area contributed by atoms with Gasteiger partial charge >= 0.3 is 0 Å². The average Bonchev–Trinajstić information content (AvgIpc) is 2.63. The molecule has 25 heavy (non-hydrogen) atoms. The van der Waals surface area contributed by atoms with Gasteiger partial charge in [-0.3, -0.25) is 9.69 Å². The molecule has 1 fully saturated rings. The molecule has 0 aromatic heterocycles. The number of piperidine rings is 1. The molecule has 1 N–H and O–H groups in total. The van der Waals surface area contributed by atoms with Gasteiger partial charge in [0.15, 0.2) is 0 Å². The monoisotopic (exact) mass is 345 g/mol. The largest absolute Gasteiger partial charge is 0.372 e. The number of carbonyl (C=O) groups excluding carboxylic acids is 1. The minimum Gasteiger partial charge on any atom is -0.372 e. The van der Waals surface area contributed by atoms with Crippen LogP contribution in [0.4, 0.5) is 11.4 Å². The van der Waals surface area contributed by atoms with Crippen LogP contribution in [0.15, 0.2) is 18.2 Å². The van der Waals surface area contributed by atoms with Crippen molar-refractivity contribution in [1.29, 1.82) is 0 Å². The lowest BCUT2D eigenvalue weighted by molar-refractivity contribution is -0.116. The first kappa shape index (κ1) is 19.8. The number of hydrogen-bond acceptors (Lipinski definition) is 3. The molecule has 4 heteroatoms. The first-order valence-electron chi connectivity index (χ1n) is 9.98. The van der Waals surface area contributed by atoms with E-state index in [1.54, 1.807) is 0 Å². The molecule has 1 unspecified atom stereocenters. The molecule has 1 aromatic carbocycles. The quantitative estimate of drug-likeness (QED) is 0.757. The molecule has 1 aliphatic heterocycles. The minimum absolute atomic E-state index is 0.124. The van der Waals surface area contributed by atoms with Crippen LogP contribution in [0.25, 0.3) is 0 Å². The third kappa shape index (κ3) is 5.46. The Hall–Kier alpha value is -1.55. The molecule has 0 saturated carbocycles. The lowest BCUT2D eigenvalue weighted by atomic mass is 10.00. The third-order valence-electron chi connectivity index (χ3n) is 5.46. The first-order chi connectivity index (χ1) is 12.1. The SMILES string of the molecule is CCC1CCCCN1CCC(=O)Nc1ccc(N(CC)CC)cc1C. The van der Waals surface area contributed by atoms with Crippen molar-refractivity contribution in [3.05, 3.63) is 23.8 Å². The maximum atomic E-state index is 12.4. The fraction of sp³-hybridized carbons (Fsp3) is 0.667. The highest BCUT2D eigenvalue weighted by atomic mass is 16.1. The fourth-order valence-electron chi connectivity index (χ4n) is 3.85. The van der Waals surface area contributed by atoms with Crippen LogP contribution in [-0.2, 0) is 4.79 Å². The van der Waals surface area contributed by atoms with E-state index in [-0.39, 0.29) is 5.91 Å². The van der Waals surface area contributed by atoms with E-state index in [2.05, 4.69) is 54.9 Å². The van der Waals surface area contributed by atoms with Crippen LogP contribution in [0.1, 0.15) is 58.4 Å². The van der Waals surface area contributed by atoms with E-state index in [9.17, 15) is 4.79 Å². The number of hydrogen-bond donors (Lipinski definition) is 1. The number of nitrogens with one attached hydrogen (secondary N) is 1. The van der Waals surface area contributed by atoms with E-state index in [4.69, 9.17) is 0 Å². The summed E-state index contributed by atoms with van der Waals surface area (Å²) in [5.41, 5.74) is 3.29. The minimum atomic E-state index is 0.124. The molecule has 1 saturated heterocycles. The van der Waals surface area contributed by atoms with Gasteiger partial charge < -0.3 is 10.2 Å². The van der Waals surface area contributed by atoms with Gasteiger partial charge in [-0.25, -0.2) is 0 Å². The van der Waals surface area contributed by atoms with E-state index in [1.807, 2.05) is 6.07 Å². The Morgan fingerprint density at radius 2 is 2.00 bits per heavy atom. The van der Waals surface area contributed by atoms with Crippen molar-refractivity contribution in [2.45, 2.75) is 65.8 Å². The summed E-state index contributed by atoms with van der Waals surface area (Å²) in [7, 11) is 0. The third-order valence-corrected chi connectivity index (χ3v) is 5.46. The summed E-state index contributed by atoms with van der Waals surface area (Å²) in [6, 6.07) is 6.97. The van der Waals surface area contributed by atoms with Crippen LogP contribution >= 0.6 is 0 Å². The van der Waals surface area contributed by atoms with Gasteiger partial charge in [-0.05, 0) is 70.3 Å². The number of anilines is 2. The van der Waals surface area contributed by atoms with E-state index in [0.29, 0.717) is 12.5 Å². The molecule has 140 valence electrons. The van der Waals surface area contributed by atoms with Crippen molar-refractivity contribution in [3.8, 4) is 0 Å². The Morgan fingerprint density at radius 1 is 1.24 bits per heavy atom. The zero-order valence-corrected chi connectivity index (χ0v) is 16.5. The molecule has 1 atom stereocenters. The van der Waals surface area contributed by atoms with Crippen molar-refractivity contribution in [2.24, 2.45) is 0 Å². The lowest BCUT2D eigenvalue weighted by Crippen LogP contribution is -2.40. The standard InChI is InChI=1S/C21H35N3O/c1-5-18-10-8-9-14-24(18)15-13-21(25)22-20-12-11-19(16-17(20)4)23(6-2)7-3/h11-12,16,18H,5-10,13-15H2,1-4H3,(H,22,25). The molecule has 1 aliphatic rings. The summed E-state index contributed by atoms with van der Waals surface area (Å²) >= 11 is 0. The average molecular weight is 346 g/mol. The highest BCUT2D eigenvalue weighted by Crippen LogP contribution is 2.23. The van der Waals surface area contributed by atoms with E-state index < -0.39 is 0 Å². The Morgan fingerprint density at radius 3 is 2.64 bits per heavy atom. The second-order valence-corrected chi connectivity index (χ2v) is 7.06. The number of likely N-dealkylation sites (tertiary alicyclic amines) is 1. The Kier molecular flexibility index (Phi) is 7.76. The molecule has 1 heterocycles. The molecule has 1 amide bonds. The molecule has 0 spiro atoms. The van der Waals surface area contributed by atoms with Crippen LogP contribution in [0.2, 0.25) is 0 Å². The maximum absolute atomic E-state index is 12.4. The van der Waals surface area contributed by atoms with Gasteiger partial charge in [0.05, 0.1) is 0 Å². The Balaban J connectivity index is 1.89. The van der Waals surface area contributed by atoms with Gasteiger partial charge in [-0.15, -0.1) is 0 Å². The summed E-state index contributed by atoms with van der Waals surface area (Å²) in [6.45, 7) is 12.7. The van der Waals surface area contributed by atoms with E-state index >= 15 is 0 Å². The van der Waals surface area contributed by atoms with Crippen molar-refractivity contribution < 1.29 is 4.79 Å². The zero-order chi connectivity index (χ0) is 18.2. The lowest BCUT2D eigenvalue weighted by Gasteiger charge is -2.35. The smallest absolute Gasteiger partial charge is 0.225 e. The Labute approximate surface area is 153 Å². The van der Waals surface area contributed by atoms with Gasteiger partial charge in [0.2, 0.25) is 5.91 Å². The van der Waals surface area contributed by atoms with Crippen molar-refractivity contribution in [2.75, 3.05) is 36.4 Å². The molecule has 2 rings (SSSR count). The second-order valence-electron chi connectivity index (χ2n) is 7.06. The summed E-state index contributed by atoms with van der Waals surface area (Å²) in [6.07, 6.45) is 5.65. The number of nitrogens with zero attached hydrogens (tertiary/aromatic N) is 2. The first-order valence-corrected chi connectivity index (χ1v) is 9.98. The summed E-state index contributed by atoms with van der Waals surface area (Å²) < 4.78 is 0. The Bertz CT molecular complexity index is 554.